The van der Waals surface area contributed by atoms with Gasteiger partial charge in [0.2, 0.25) is 5.95 Å². The highest BCUT2D eigenvalue weighted by Crippen LogP contribution is 2.06. The van der Waals surface area contributed by atoms with E-state index in [1.54, 1.807) is 6.07 Å². The monoisotopic (exact) mass is 234 g/mol. The van der Waals surface area contributed by atoms with Gasteiger partial charge in [0.05, 0.1) is 12.1 Å². The molecule has 0 aliphatic heterocycles. The highest BCUT2D eigenvalue weighted by atomic mass is 19.1. The smallest absolute Gasteiger partial charge is 0.253 e. The molecule has 2 rings (SSSR count). The third-order valence-electron chi connectivity index (χ3n) is 2.21. The molecule has 5 heteroatoms. The van der Waals surface area contributed by atoms with Crippen LogP contribution in [0.1, 0.15) is 21.9 Å². The minimum atomic E-state index is -0.608. The molecule has 88 valence electrons. The fourth-order valence-corrected chi connectivity index (χ4v) is 1.36. The Kier molecular flexibility index (Phi) is 3.18. The van der Waals surface area contributed by atoms with Gasteiger partial charge in [0, 0.05) is 6.20 Å². The standard InChI is InChI=1S/C12H11FN2O2/c1-8-2-4-10(17-8)7-15-12(16)9-3-5-11(13)14-6-9/h2-6H,7H2,1H3,(H,15,16). The zero-order valence-electron chi connectivity index (χ0n) is 9.24. The fourth-order valence-electron chi connectivity index (χ4n) is 1.36. The topological polar surface area (TPSA) is 55.1 Å². The molecule has 4 nitrogen and oxygen atoms in total. The molecule has 0 saturated heterocycles. The van der Waals surface area contributed by atoms with E-state index in [0.29, 0.717) is 17.9 Å². The molecule has 17 heavy (non-hydrogen) atoms. The minimum Gasteiger partial charge on any atom is -0.465 e. The number of aromatic nitrogens is 1. The Balaban J connectivity index is 1.95. The van der Waals surface area contributed by atoms with E-state index in [1.807, 2.05) is 13.0 Å². The summed E-state index contributed by atoms with van der Waals surface area (Å²) in [6.45, 7) is 2.12. The molecule has 0 fully saturated rings. The molecule has 0 aliphatic rings. The van der Waals surface area contributed by atoms with Gasteiger partial charge in [-0.2, -0.15) is 4.39 Å². The summed E-state index contributed by atoms with van der Waals surface area (Å²) in [5.74, 6) is 0.540. The largest absolute Gasteiger partial charge is 0.465 e. The van der Waals surface area contributed by atoms with Crippen molar-refractivity contribution >= 4 is 5.91 Å². The van der Waals surface area contributed by atoms with Crippen molar-refractivity contribution in [1.29, 1.82) is 0 Å². The van der Waals surface area contributed by atoms with E-state index in [4.69, 9.17) is 4.42 Å². The van der Waals surface area contributed by atoms with Crippen LogP contribution >= 0.6 is 0 Å². The Morgan fingerprint density at radius 1 is 1.41 bits per heavy atom. The van der Waals surface area contributed by atoms with Crippen LogP contribution in [0, 0.1) is 12.9 Å². The van der Waals surface area contributed by atoms with Crippen LogP contribution in [0.3, 0.4) is 0 Å². The van der Waals surface area contributed by atoms with Crippen molar-refractivity contribution in [3.05, 3.63) is 53.5 Å². The van der Waals surface area contributed by atoms with E-state index in [9.17, 15) is 9.18 Å². The van der Waals surface area contributed by atoms with Crippen molar-refractivity contribution in [2.75, 3.05) is 0 Å². The Bertz CT molecular complexity index is 520. The second kappa shape index (κ2) is 4.78. The lowest BCUT2D eigenvalue weighted by molar-refractivity contribution is 0.0947. The minimum absolute atomic E-state index is 0.296. The number of aryl methyl sites for hydroxylation is 1. The van der Waals surface area contributed by atoms with Crippen LogP contribution in [0.25, 0.3) is 0 Å². The second-order valence-electron chi connectivity index (χ2n) is 3.56. The maximum Gasteiger partial charge on any atom is 0.253 e. The summed E-state index contributed by atoms with van der Waals surface area (Å²) in [5, 5.41) is 2.65. The highest BCUT2D eigenvalue weighted by molar-refractivity contribution is 5.93. The lowest BCUT2D eigenvalue weighted by Crippen LogP contribution is -2.22. The normalized spacial score (nSPS) is 10.2. The van der Waals surface area contributed by atoms with E-state index >= 15 is 0 Å². The van der Waals surface area contributed by atoms with Crippen LogP contribution in [0.2, 0.25) is 0 Å². The molecular formula is C12H11FN2O2. The first kappa shape index (κ1) is 11.3. The van der Waals surface area contributed by atoms with Gasteiger partial charge < -0.3 is 9.73 Å². The van der Waals surface area contributed by atoms with Crippen molar-refractivity contribution in [1.82, 2.24) is 10.3 Å². The van der Waals surface area contributed by atoms with Gasteiger partial charge in [0.25, 0.3) is 5.91 Å². The maximum absolute atomic E-state index is 12.5. The Morgan fingerprint density at radius 2 is 2.24 bits per heavy atom. The average Bonchev–Trinajstić information content (AvgIpc) is 2.73. The lowest BCUT2D eigenvalue weighted by atomic mass is 10.2. The van der Waals surface area contributed by atoms with Crippen molar-refractivity contribution in [2.45, 2.75) is 13.5 Å². The molecule has 0 atom stereocenters. The van der Waals surface area contributed by atoms with Crippen LogP contribution < -0.4 is 5.32 Å². The van der Waals surface area contributed by atoms with Gasteiger partial charge in [-0.1, -0.05) is 0 Å². The van der Waals surface area contributed by atoms with Crippen molar-refractivity contribution in [3.8, 4) is 0 Å². The zero-order chi connectivity index (χ0) is 12.3. The van der Waals surface area contributed by atoms with E-state index in [1.165, 1.54) is 12.3 Å². The molecule has 0 unspecified atom stereocenters. The molecule has 1 amide bonds. The quantitative estimate of drug-likeness (QED) is 0.827. The number of rotatable bonds is 3. The van der Waals surface area contributed by atoms with Crippen LogP contribution in [0.5, 0.6) is 0 Å². The SMILES string of the molecule is Cc1ccc(CNC(=O)c2ccc(F)nc2)o1. The zero-order valence-corrected chi connectivity index (χ0v) is 9.24. The van der Waals surface area contributed by atoms with Crippen molar-refractivity contribution < 1.29 is 13.6 Å². The molecule has 0 aliphatic carbocycles. The van der Waals surface area contributed by atoms with E-state index in [0.717, 1.165) is 11.8 Å². The summed E-state index contributed by atoms with van der Waals surface area (Å²) in [5.41, 5.74) is 0.315. The van der Waals surface area contributed by atoms with Crippen LogP contribution in [-0.4, -0.2) is 10.9 Å². The number of halogens is 1. The first-order chi connectivity index (χ1) is 8.15. The number of carbonyl (C=O) groups excluding carboxylic acids is 1. The number of furan rings is 1. The summed E-state index contributed by atoms with van der Waals surface area (Å²) in [6.07, 6.45) is 1.19. The number of hydrogen-bond acceptors (Lipinski definition) is 3. The van der Waals surface area contributed by atoms with Crippen molar-refractivity contribution in [2.24, 2.45) is 0 Å². The fraction of sp³-hybridized carbons (Fsp3) is 0.167. The number of carbonyl (C=O) groups is 1. The predicted molar refractivity (Wildman–Crippen MR) is 58.8 cm³/mol. The first-order valence-electron chi connectivity index (χ1n) is 5.10. The van der Waals surface area contributed by atoms with Gasteiger partial charge in [-0.3, -0.25) is 4.79 Å². The second-order valence-corrected chi connectivity index (χ2v) is 3.56. The van der Waals surface area contributed by atoms with Crippen LogP contribution in [-0.2, 0) is 6.54 Å². The number of hydrogen-bond donors (Lipinski definition) is 1. The average molecular weight is 234 g/mol. The lowest BCUT2D eigenvalue weighted by Gasteiger charge is -2.02. The highest BCUT2D eigenvalue weighted by Gasteiger charge is 2.07. The molecule has 0 spiro atoms. The van der Waals surface area contributed by atoms with E-state index in [2.05, 4.69) is 10.3 Å². The van der Waals surface area contributed by atoms with Gasteiger partial charge in [-0.15, -0.1) is 0 Å². The summed E-state index contributed by atoms with van der Waals surface area (Å²) in [4.78, 5) is 15.0. The molecular weight excluding hydrogens is 223 g/mol. The number of amides is 1. The third-order valence-corrected chi connectivity index (χ3v) is 2.21. The summed E-state index contributed by atoms with van der Waals surface area (Å²) in [6, 6.07) is 6.14. The molecule has 1 N–H and O–H groups in total. The number of nitrogens with zero attached hydrogens (tertiary/aromatic N) is 1. The predicted octanol–water partition coefficient (Wildman–Crippen LogP) is 2.05. The first-order valence-corrected chi connectivity index (χ1v) is 5.10. The number of nitrogens with one attached hydrogen (secondary N) is 1. The van der Waals surface area contributed by atoms with Crippen molar-refractivity contribution in [3.63, 3.8) is 0 Å². The Hall–Kier alpha value is -2.17. The van der Waals surface area contributed by atoms with Crippen LogP contribution in [0.4, 0.5) is 4.39 Å². The van der Waals surface area contributed by atoms with Gasteiger partial charge in [-0.05, 0) is 31.2 Å². The summed E-state index contributed by atoms with van der Waals surface area (Å²) in [7, 11) is 0. The maximum atomic E-state index is 12.5. The Labute approximate surface area is 97.5 Å². The van der Waals surface area contributed by atoms with E-state index < -0.39 is 5.95 Å². The number of pyridine rings is 1. The molecule has 0 bridgehead atoms. The van der Waals surface area contributed by atoms with E-state index in [-0.39, 0.29) is 5.91 Å². The summed E-state index contributed by atoms with van der Waals surface area (Å²) < 4.78 is 17.8. The van der Waals surface area contributed by atoms with Gasteiger partial charge in [0.15, 0.2) is 0 Å². The molecule has 0 radical (unpaired) electrons. The molecule has 2 aromatic rings. The van der Waals surface area contributed by atoms with Gasteiger partial charge in [-0.25, -0.2) is 4.98 Å². The molecule has 0 saturated carbocycles. The van der Waals surface area contributed by atoms with Gasteiger partial charge in [0.1, 0.15) is 11.5 Å². The molecule has 0 aromatic carbocycles. The molecule has 2 heterocycles. The Morgan fingerprint density at radius 3 is 2.82 bits per heavy atom. The summed E-state index contributed by atoms with van der Waals surface area (Å²) >= 11 is 0. The van der Waals surface area contributed by atoms with Crippen LogP contribution in [0.15, 0.2) is 34.9 Å². The molecule has 2 aromatic heterocycles. The third kappa shape index (κ3) is 2.90. The van der Waals surface area contributed by atoms with Gasteiger partial charge >= 0.3 is 0 Å².